The molecule has 0 atom stereocenters. The second-order valence-corrected chi connectivity index (χ2v) is 5.92. The lowest BCUT2D eigenvalue weighted by molar-refractivity contribution is 0.636. The highest BCUT2D eigenvalue weighted by Crippen LogP contribution is 2.17. The standard InChI is InChI=1S/C17H21N7/c1-12(2)17-23-20-11-24(17)9-8-19-15-10-13(3)21-16(22-15)14-4-6-18-7-5-14/h4-7,10-12H,8-9H2,1-3H3,(H,19,21,22). The predicted octanol–water partition coefficient (Wildman–Crippen LogP) is 2.67. The third kappa shape index (κ3) is 3.73. The van der Waals surface area contributed by atoms with Crippen molar-refractivity contribution >= 4 is 5.82 Å². The molecule has 0 aliphatic rings. The maximum Gasteiger partial charge on any atom is 0.161 e. The molecule has 0 radical (unpaired) electrons. The summed E-state index contributed by atoms with van der Waals surface area (Å²) >= 11 is 0. The zero-order valence-corrected chi connectivity index (χ0v) is 14.1. The van der Waals surface area contributed by atoms with Crippen molar-refractivity contribution < 1.29 is 0 Å². The highest BCUT2D eigenvalue weighted by molar-refractivity contribution is 5.56. The summed E-state index contributed by atoms with van der Waals surface area (Å²) < 4.78 is 2.06. The summed E-state index contributed by atoms with van der Waals surface area (Å²) in [6, 6.07) is 5.76. The Morgan fingerprint density at radius 3 is 2.71 bits per heavy atom. The van der Waals surface area contributed by atoms with Crippen molar-refractivity contribution in [3.05, 3.63) is 48.4 Å². The molecule has 7 heteroatoms. The molecule has 24 heavy (non-hydrogen) atoms. The Morgan fingerprint density at radius 2 is 1.96 bits per heavy atom. The lowest BCUT2D eigenvalue weighted by Crippen LogP contribution is -2.14. The smallest absolute Gasteiger partial charge is 0.161 e. The molecule has 3 aromatic heterocycles. The zero-order chi connectivity index (χ0) is 16.9. The van der Waals surface area contributed by atoms with Crippen LogP contribution in [0.5, 0.6) is 0 Å². The fourth-order valence-electron chi connectivity index (χ4n) is 2.48. The lowest BCUT2D eigenvalue weighted by Gasteiger charge is -2.11. The molecule has 0 unspecified atom stereocenters. The van der Waals surface area contributed by atoms with Gasteiger partial charge in [0.2, 0.25) is 0 Å². The van der Waals surface area contributed by atoms with Gasteiger partial charge in [-0.1, -0.05) is 13.8 Å². The van der Waals surface area contributed by atoms with Gasteiger partial charge in [-0.05, 0) is 19.1 Å². The quantitative estimate of drug-likeness (QED) is 0.751. The molecule has 0 saturated carbocycles. The molecule has 0 saturated heterocycles. The second kappa shape index (κ2) is 7.16. The van der Waals surface area contributed by atoms with Gasteiger partial charge in [-0.3, -0.25) is 4.98 Å². The first-order valence-electron chi connectivity index (χ1n) is 8.01. The number of hydrogen-bond acceptors (Lipinski definition) is 6. The van der Waals surface area contributed by atoms with E-state index in [4.69, 9.17) is 0 Å². The van der Waals surface area contributed by atoms with E-state index in [9.17, 15) is 0 Å². The van der Waals surface area contributed by atoms with Crippen molar-refractivity contribution in [1.29, 1.82) is 0 Å². The molecule has 3 aromatic rings. The number of rotatable bonds is 6. The van der Waals surface area contributed by atoms with Gasteiger partial charge in [-0.2, -0.15) is 0 Å². The maximum absolute atomic E-state index is 4.59. The van der Waals surface area contributed by atoms with Gasteiger partial charge in [0.1, 0.15) is 18.0 Å². The van der Waals surface area contributed by atoms with Crippen LogP contribution in [-0.4, -0.2) is 36.3 Å². The summed E-state index contributed by atoms with van der Waals surface area (Å²) in [4.78, 5) is 13.1. The molecule has 1 N–H and O–H groups in total. The minimum Gasteiger partial charge on any atom is -0.368 e. The number of nitrogens with zero attached hydrogens (tertiary/aromatic N) is 6. The van der Waals surface area contributed by atoms with Crippen molar-refractivity contribution in [1.82, 2.24) is 29.7 Å². The summed E-state index contributed by atoms with van der Waals surface area (Å²) in [5.41, 5.74) is 1.88. The third-order valence-corrected chi connectivity index (χ3v) is 3.61. The topological polar surface area (TPSA) is 81.4 Å². The Balaban J connectivity index is 1.69. The molecule has 0 aromatic carbocycles. The molecule has 0 fully saturated rings. The minimum atomic E-state index is 0.354. The van der Waals surface area contributed by atoms with E-state index in [1.165, 1.54) is 0 Å². The Bertz CT molecular complexity index is 796. The van der Waals surface area contributed by atoms with Crippen LogP contribution in [0.3, 0.4) is 0 Å². The fraction of sp³-hybridized carbons (Fsp3) is 0.353. The molecule has 0 aliphatic heterocycles. The normalized spacial score (nSPS) is 11.0. The van der Waals surface area contributed by atoms with Crippen LogP contribution in [0, 0.1) is 6.92 Å². The van der Waals surface area contributed by atoms with Crippen LogP contribution >= 0.6 is 0 Å². The Kier molecular flexibility index (Phi) is 4.79. The van der Waals surface area contributed by atoms with E-state index in [-0.39, 0.29) is 0 Å². The van der Waals surface area contributed by atoms with E-state index < -0.39 is 0 Å². The summed E-state index contributed by atoms with van der Waals surface area (Å²) in [6.45, 7) is 7.72. The monoisotopic (exact) mass is 323 g/mol. The average molecular weight is 323 g/mol. The Labute approximate surface area is 141 Å². The fourth-order valence-corrected chi connectivity index (χ4v) is 2.48. The van der Waals surface area contributed by atoms with Gasteiger partial charge >= 0.3 is 0 Å². The first kappa shape index (κ1) is 16.0. The van der Waals surface area contributed by atoms with Crippen molar-refractivity contribution in [2.45, 2.75) is 33.2 Å². The van der Waals surface area contributed by atoms with E-state index in [0.29, 0.717) is 11.7 Å². The third-order valence-electron chi connectivity index (χ3n) is 3.61. The molecule has 7 nitrogen and oxygen atoms in total. The molecular formula is C17H21N7. The van der Waals surface area contributed by atoms with E-state index in [2.05, 4.69) is 48.9 Å². The molecule has 0 aliphatic carbocycles. The largest absolute Gasteiger partial charge is 0.368 e. The summed E-state index contributed by atoms with van der Waals surface area (Å²) in [7, 11) is 0. The molecule has 124 valence electrons. The lowest BCUT2D eigenvalue weighted by atomic mass is 10.2. The molecule has 0 bridgehead atoms. The van der Waals surface area contributed by atoms with Gasteiger partial charge in [-0.15, -0.1) is 10.2 Å². The van der Waals surface area contributed by atoms with Crippen LogP contribution in [-0.2, 0) is 6.54 Å². The number of hydrogen-bond donors (Lipinski definition) is 1. The maximum atomic E-state index is 4.59. The van der Waals surface area contributed by atoms with Crippen molar-refractivity contribution in [2.75, 3.05) is 11.9 Å². The van der Waals surface area contributed by atoms with E-state index >= 15 is 0 Å². The Morgan fingerprint density at radius 1 is 1.17 bits per heavy atom. The van der Waals surface area contributed by atoms with Crippen molar-refractivity contribution in [3.63, 3.8) is 0 Å². The van der Waals surface area contributed by atoms with Crippen LogP contribution in [0.15, 0.2) is 36.9 Å². The Hall–Kier alpha value is -2.83. The van der Waals surface area contributed by atoms with Gasteiger partial charge in [0.25, 0.3) is 0 Å². The van der Waals surface area contributed by atoms with Gasteiger partial charge in [0.15, 0.2) is 5.82 Å². The molecule has 0 amide bonds. The van der Waals surface area contributed by atoms with Crippen LogP contribution in [0.25, 0.3) is 11.4 Å². The molecule has 3 rings (SSSR count). The van der Waals surface area contributed by atoms with Crippen LogP contribution in [0.4, 0.5) is 5.82 Å². The van der Waals surface area contributed by atoms with Crippen molar-refractivity contribution in [3.8, 4) is 11.4 Å². The van der Waals surface area contributed by atoms with Crippen LogP contribution < -0.4 is 5.32 Å². The average Bonchev–Trinajstić information content (AvgIpc) is 3.04. The van der Waals surface area contributed by atoms with Crippen LogP contribution in [0.2, 0.25) is 0 Å². The van der Waals surface area contributed by atoms with E-state index in [0.717, 1.165) is 36.0 Å². The first-order valence-corrected chi connectivity index (χ1v) is 8.01. The van der Waals surface area contributed by atoms with Crippen molar-refractivity contribution in [2.24, 2.45) is 0 Å². The van der Waals surface area contributed by atoms with E-state index in [1.807, 2.05) is 25.1 Å². The first-order chi connectivity index (χ1) is 11.6. The number of anilines is 1. The molecule has 3 heterocycles. The second-order valence-electron chi connectivity index (χ2n) is 5.92. The molecule has 0 spiro atoms. The van der Waals surface area contributed by atoms with Crippen LogP contribution in [0.1, 0.15) is 31.3 Å². The molecular weight excluding hydrogens is 302 g/mol. The number of nitrogens with one attached hydrogen (secondary N) is 1. The number of pyridine rings is 1. The van der Waals surface area contributed by atoms with E-state index in [1.54, 1.807) is 18.7 Å². The van der Waals surface area contributed by atoms with Gasteiger partial charge in [0.05, 0.1) is 0 Å². The number of aromatic nitrogens is 6. The highest BCUT2D eigenvalue weighted by Gasteiger charge is 2.08. The van der Waals surface area contributed by atoms with Gasteiger partial charge in [-0.25, -0.2) is 9.97 Å². The zero-order valence-electron chi connectivity index (χ0n) is 14.1. The summed E-state index contributed by atoms with van der Waals surface area (Å²) in [5.74, 6) is 2.86. The highest BCUT2D eigenvalue weighted by atomic mass is 15.3. The predicted molar refractivity (Wildman–Crippen MR) is 92.6 cm³/mol. The SMILES string of the molecule is Cc1cc(NCCn2cnnc2C(C)C)nc(-c2ccncc2)n1. The van der Waals surface area contributed by atoms with Gasteiger partial charge in [0, 0.05) is 48.7 Å². The summed E-state index contributed by atoms with van der Waals surface area (Å²) in [6.07, 6.45) is 5.26. The number of aryl methyl sites for hydroxylation is 1. The van der Waals surface area contributed by atoms with Gasteiger partial charge < -0.3 is 9.88 Å². The minimum absolute atomic E-state index is 0.354. The summed E-state index contributed by atoms with van der Waals surface area (Å²) in [5, 5.41) is 11.5.